The standard InChI is InChI=1S/C30H29FN4O/c1-5-24(33)17-35(4)30(36)29-26-14-21(25-12-20(15-32)7-6-19(25)3)8-9-28(26)34-16-27(29)22-10-18(2)11-23(31)13-22/h6-14,16,24H,5,17,33H2,1-4H3. The van der Waals surface area contributed by atoms with Gasteiger partial charge in [0.2, 0.25) is 0 Å². The number of hydrogen-bond acceptors (Lipinski definition) is 4. The van der Waals surface area contributed by atoms with E-state index in [2.05, 4.69) is 11.1 Å². The summed E-state index contributed by atoms with van der Waals surface area (Å²) in [5.41, 5.74) is 12.5. The molecule has 2 N–H and O–H groups in total. The van der Waals surface area contributed by atoms with Gasteiger partial charge in [-0.3, -0.25) is 9.78 Å². The largest absolute Gasteiger partial charge is 0.340 e. The number of nitriles is 1. The van der Waals surface area contributed by atoms with E-state index >= 15 is 0 Å². The van der Waals surface area contributed by atoms with E-state index in [0.29, 0.717) is 39.7 Å². The van der Waals surface area contributed by atoms with Gasteiger partial charge in [0.05, 0.1) is 22.7 Å². The molecule has 3 aromatic carbocycles. The van der Waals surface area contributed by atoms with Gasteiger partial charge < -0.3 is 10.6 Å². The second-order valence-corrected chi connectivity index (χ2v) is 9.29. The first-order chi connectivity index (χ1) is 17.2. The van der Waals surface area contributed by atoms with Gasteiger partial charge in [-0.05, 0) is 84.5 Å². The van der Waals surface area contributed by atoms with Crippen LogP contribution in [0.2, 0.25) is 0 Å². The Balaban J connectivity index is 1.99. The Bertz CT molecular complexity index is 1490. The number of likely N-dealkylation sites (N-methyl/N-ethyl adjacent to an activating group) is 1. The summed E-state index contributed by atoms with van der Waals surface area (Å²) in [6.07, 6.45) is 2.38. The number of rotatable bonds is 6. The van der Waals surface area contributed by atoms with Gasteiger partial charge in [0.25, 0.3) is 5.91 Å². The van der Waals surface area contributed by atoms with E-state index in [1.54, 1.807) is 24.2 Å². The highest BCUT2D eigenvalue weighted by atomic mass is 19.1. The van der Waals surface area contributed by atoms with E-state index in [1.165, 1.54) is 12.1 Å². The summed E-state index contributed by atoms with van der Waals surface area (Å²) in [4.78, 5) is 20.1. The Kier molecular flexibility index (Phi) is 7.14. The minimum Gasteiger partial charge on any atom is -0.340 e. The molecule has 0 fully saturated rings. The van der Waals surface area contributed by atoms with Crippen LogP contribution < -0.4 is 5.73 Å². The number of benzene rings is 3. The van der Waals surface area contributed by atoms with Gasteiger partial charge in [-0.15, -0.1) is 0 Å². The Morgan fingerprint density at radius 3 is 2.56 bits per heavy atom. The smallest absolute Gasteiger partial charge is 0.255 e. The predicted octanol–water partition coefficient (Wildman–Crippen LogP) is 6.01. The molecule has 0 radical (unpaired) electrons. The molecular formula is C30H29FN4O. The Morgan fingerprint density at radius 1 is 1.08 bits per heavy atom. The van der Waals surface area contributed by atoms with Crippen LogP contribution in [0.4, 0.5) is 4.39 Å². The normalized spacial score (nSPS) is 11.8. The third-order valence-electron chi connectivity index (χ3n) is 6.49. The van der Waals surface area contributed by atoms with Crippen molar-refractivity contribution in [2.24, 2.45) is 5.73 Å². The van der Waals surface area contributed by atoms with Crippen molar-refractivity contribution in [2.45, 2.75) is 33.2 Å². The molecule has 5 nitrogen and oxygen atoms in total. The van der Waals surface area contributed by atoms with Crippen LogP contribution in [0.1, 0.15) is 40.4 Å². The van der Waals surface area contributed by atoms with Crippen molar-refractivity contribution < 1.29 is 9.18 Å². The average molecular weight is 481 g/mol. The second-order valence-electron chi connectivity index (χ2n) is 9.29. The number of hydrogen-bond donors (Lipinski definition) is 1. The topological polar surface area (TPSA) is 83.0 Å². The monoisotopic (exact) mass is 480 g/mol. The van der Waals surface area contributed by atoms with Crippen molar-refractivity contribution in [1.82, 2.24) is 9.88 Å². The first-order valence-corrected chi connectivity index (χ1v) is 11.9. The van der Waals surface area contributed by atoms with Crippen LogP contribution in [0, 0.1) is 31.0 Å². The quantitative estimate of drug-likeness (QED) is 0.367. The average Bonchev–Trinajstić information content (AvgIpc) is 2.86. The van der Waals surface area contributed by atoms with Gasteiger partial charge in [0, 0.05) is 36.8 Å². The minimum absolute atomic E-state index is 0.154. The van der Waals surface area contributed by atoms with Gasteiger partial charge in [0.1, 0.15) is 5.82 Å². The van der Waals surface area contributed by atoms with Crippen LogP contribution in [0.15, 0.2) is 60.8 Å². The lowest BCUT2D eigenvalue weighted by Gasteiger charge is -2.23. The number of aromatic nitrogens is 1. The summed E-state index contributed by atoms with van der Waals surface area (Å²) in [5, 5.41) is 10.1. The van der Waals surface area contributed by atoms with Gasteiger partial charge in [0.15, 0.2) is 0 Å². The van der Waals surface area contributed by atoms with Crippen LogP contribution >= 0.6 is 0 Å². The number of fused-ring (bicyclic) bond motifs is 1. The molecule has 0 aliphatic rings. The highest BCUT2D eigenvalue weighted by Crippen LogP contribution is 2.34. The Morgan fingerprint density at radius 2 is 1.86 bits per heavy atom. The van der Waals surface area contributed by atoms with Gasteiger partial charge in [-0.2, -0.15) is 5.26 Å². The fraction of sp³-hybridized carbons (Fsp3) is 0.233. The second kappa shape index (κ2) is 10.3. The SMILES string of the molecule is CCC(N)CN(C)C(=O)c1c(-c2cc(C)cc(F)c2)cnc2ccc(-c3cc(C#N)ccc3C)cc12. The predicted molar refractivity (Wildman–Crippen MR) is 142 cm³/mol. The Labute approximate surface area is 211 Å². The molecule has 4 rings (SSSR count). The molecule has 36 heavy (non-hydrogen) atoms. The van der Waals surface area contributed by atoms with Crippen molar-refractivity contribution in [3.05, 3.63) is 88.9 Å². The van der Waals surface area contributed by atoms with E-state index < -0.39 is 0 Å². The van der Waals surface area contributed by atoms with Gasteiger partial charge in [-0.1, -0.05) is 25.1 Å². The van der Waals surface area contributed by atoms with Crippen LogP contribution in [0.5, 0.6) is 0 Å². The maximum atomic E-state index is 14.4. The molecular weight excluding hydrogens is 451 g/mol. The number of carbonyl (C=O) groups excluding carboxylic acids is 1. The maximum absolute atomic E-state index is 14.4. The molecule has 1 heterocycles. The number of pyridine rings is 1. The zero-order valence-corrected chi connectivity index (χ0v) is 21.0. The van der Waals surface area contributed by atoms with E-state index in [0.717, 1.165) is 28.7 Å². The van der Waals surface area contributed by atoms with E-state index in [9.17, 15) is 14.4 Å². The van der Waals surface area contributed by atoms with Gasteiger partial charge >= 0.3 is 0 Å². The summed E-state index contributed by atoms with van der Waals surface area (Å²) in [5.74, 6) is -0.578. The molecule has 0 aliphatic carbocycles. The molecule has 0 saturated carbocycles. The fourth-order valence-electron chi connectivity index (χ4n) is 4.46. The zero-order chi connectivity index (χ0) is 26.0. The lowest BCUT2D eigenvalue weighted by atomic mass is 9.92. The fourth-order valence-corrected chi connectivity index (χ4v) is 4.46. The van der Waals surface area contributed by atoms with Crippen molar-refractivity contribution in [2.75, 3.05) is 13.6 Å². The lowest BCUT2D eigenvalue weighted by Crippen LogP contribution is -2.38. The first kappa shape index (κ1) is 25.0. The minimum atomic E-state index is -0.373. The van der Waals surface area contributed by atoms with Crippen molar-refractivity contribution in [3.8, 4) is 28.3 Å². The van der Waals surface area contributed by atoms with E-state index in [1.807, 2.05) is 57.2 Å². The molecule has 6 heteroatoms. The first-order valence-electron chi connectivity index (χ1n) is 11.9. The van der Waals surface area contributed by atoms with E-state index in [4.69, 9.17) is 5.73 Å². The highest BCUT2D eigenvalue weighted by molar-refractivity contribution is 6.12. The molecule has 1 aromatic heterocycles. The van der Waals surface area contributed by atoms with Gasteiger partial charge in [-0.25, -0.2) is 4.39 Å². The zero-order valence-electron chi connectivity index (χ0n) is 21.0. The summed E-state index contributed by atoms with van der Waals surface area (Å²) in [7, 11) is 1.73. The summed E-state index contributed by atoms with van der Waals surface area (Å²) in [6, 6.07) is 18.1. The Hall–Kier alpha value is -4.08. The molecule has 0 spiro atoms. The molecule has 0 aliphatic heterocycles. The molecule has 1 atom stereocenters. The van der Waals surface area contributed by atoms with Crippen LogP contribution in [0.25, 0.3) is 33.2 Å². The van der Waals surface area contributed by atoms with Crippen molar-refractivity contribution in [3.63, 3.8) is 0 Å². The highest BCUT2D eigenvalue weighted by Gasteiger charge is 2.23. The van der Waals surface area contributed by atoms with Crippen LogP contribution in [0.3, 0.4) is 0 Å². The molecule has 4 aromatic rings. The van der Waals surface area contributed by atoms with Crippen molar-refractivity contribution in [1.29, 1.82) is 5.26 Å². The summed E-state index contributed by atoms with van der Waals surface area (Å²) >= 11 is 0. The van der Waals surface area contributed by atoms with E-state index in [-0.39, 0.29) is 17.8 Å². The number of carbonyl (C=O) groups is 1. The number of nitrogens with two attached hydrogens (primary N) is 1. The molecule has 1 unspecified atom stereocenters. The maximum Gasteiger partial charge on any atom is 0.255 e. The number of aryl methyl sites for hydroxylation is 2. The number of nitrogens with zero attached hydrogens (tertiary/aromatic N) is 3. The molecule has 1 amide bonds. The molecule has 182 valence electrons. The van der Waals surface area contributed by atoms with Crippen LogP contribution in [-0.2, 0) is 0 Å². The lowest BCUT2D eigenvalue weighted by molar-refractivity contribution is 0.0788. The third-order valence-corrected chi connectivity index (χ3v) is 6.49. The van der Waals surface area contributed by atoms with Crippen LogP contribution in [-0.4, -0.2) is 35.4 Å². The molecule has 0 saturated heterocycles. The summed E-state index contributed by atoms with van der Waals surface area (Å²) < 4.78 is 14.4. The number of halogens is 1. The molecule has 0 bridgehead atoms. The summed E-state index contributed by atoms with van der Waals surface area (Å²) in [6.45, 7) is 6.17. The van der Waals surface area contributed by atoms with Crippen molar-refractivity contribution >= 4 is 16.8 Å². The third kappa shape index (κ3) is 4.98. The number of amides is 1.